The summed E-state index contributed by atoms with van der Waals surface area (Å²) in [6.07, 6.45) is 5.07. The summed E-state index contributed by atoms with van der Waals surface area (Å²) in [6.45, 7) is 0.915. The predicted octanol–water partition coefficient (Wildman–Crippen LogP) is 2.47. The van der Waals surface area contributed by atoms with Crippen molar-refractivity contribution in [3.05, 3.63) is 65.6 Å². The lowest BCUT2D eigenvalue weighted by molar-refractivity contribution is 0.0728. The highest BCUT2D eigenvalue weighted by molar-refractivity contribution is 5.92. The third-order valence-electron chi connectivity index (χ3n) is 4.01. The first kappa shape index (κ1) is 14.5. The third kappa shape index (κ3) is 2.54. The molecule has 0 aliphatic carbocycles. The number of fused-ring (bicyclic) bond motifs is 1. The zero-order chi connectivity index (χ0) is 16.5. The molecule has 0 saturated carbocycles. The van der Waals surface area contributed by atoms with E-state index in [0.717, 1.165) is 16.8 Å². The van der Waals surface area contributed by atoms with Crippen LogP contribution < -0.4 is 0 Å². The van der Waals surface area contributed by atoms with Gasteiger partial charge in [-0.1, -0.05) is 5.16 Å². The van der Waals surface area contributed by atoms with E-state index in [1.54, 1.807) is 17.0 Å². The van der Waals surface area contributed by atoms with Crippen molar-refractivity contribution < 1.29 is 13.7 Å². The fraction of sp³-hybridized carbons (Fsp3) is 0.176. The van der Waals surface area contributed by atoms with Crippen molar-refractivity contribution in [1.29, 1.82) is 0 Å². The van der Waals surface area contributed by atoms with Gasteiger partial charge in [0.05, 0.1) is 18.4 Å². The minimum atomic E-state index is -0.313. The van der Waals surface area contributed by atoms with E-state index in [2.05, 4.69) is 15.1 Å². The fourth-order valence-electron chi connectivity index (χ4n) is 2.79. The van der Waals surface area contributed by atoms with Crippen LogP contribution in [0.4, 0.5) is 4.39 Å². The molecule has 0 atom stereocenters. The Hall–Kier alpha value is -3.09. The zero-order valence-electron chi connectivity index (χ0n) is 12.6. The minimum Gasteiger partial charge on any atom is -0.356 e. The van der Waals surface area contributed by atoms with Gasteiger partial charge < -0.3 is 9.42 Å². The molecule has 6 nitrogen and oxygen atoms in total. The van der Waals surface area contributed by atoms with Crippen LogP contribution >= 0.6 is 0 Å². The molecule has 0 N–H and O–H groups in total. The van der Waals surface area contributed by atoms with Crippen molar-refractivity contribution in [2.45, 2.75) is 13.0 Å². The lowest BCUT2D eigenvalue weighted by Crippen LogP contribution is -2.36. The van der Waals surface area contributed by atoms with Crippen LogP contribution in [0.15, 0.2) is 47.4 Å². The Balaban J connectivity index is 1.64. The molecule has 1 aliphatic heterocycles. The lowest BCUT2D eigenvalue weighted by atomic mass is 10.0. The van der Waals surface area contributed by atoms with Gasteiger partial charge in [0.25, 0.3) is 5.91 Å². The van der Waals surface area contributed by atoms with Gasteiger partial charge in [0.2, 0.25) is 0 Å². The second kappa shape index (κ2) is 5.84. The van der Waals surface area contributed by atoms with Crippen molar-refractivity contribution >= 4 is 5.91 Å². The number of nitrogens with zero attached hydrogens (tertiary/aromatic N) is 4. The van der Waals surface area contributed by atoms with Crippen molar-refractivity contribution in [1.82, 2.24) is 20.0 Å². The Morgan fingerprint density at radius 2 is 2.04 bits per heavy atom. The van der Waals surface area contributed by atoms with Crippen LogP contribution in [-0.4, -0.2) is 32.5 Å². The molecule has 0 saturated heterocycles. The van der Waals surface area contributed by atoms with Crippen LogP contribution in [0.2, 0.25) is 0 Å². The Bertz CT molecular complexity index is 877. The van der Waals surface area contributed by atoms with Gasteiger partial charge in [0, 0.05) is 36.5 Å². The molecule has 120 valence electrons. The molecular weight excluding hydrogens is 311 g/mol. The summed E-state index contributed by atoms with van der Waals surface area (Å²) in [6, 6.07) is 6.02. The van der Waals surface area contributed by atoms with Crippen LogP contribution in [0.3, 0.4) is 0 Å². The van der Waals surface area contributed by atoms with Gasteiger partial charge in [-0.05, 0) is 24.3 Å². The van der Waals surface area contributed by atoms with E-state index in [9.17, 15) is 9.18 Å². The smallest absolute Gasteiger partial charge is 0.274 e. The lowest BCUT2D eigenvalue weighted by Gasteiger charge is -2.25. The maximum absolute atomic E-state index is 13.1. The van der Waals surface area contributed by atoms with Gasteiger partial charge in [-0.25, -0.2) is 9.37 Å². The average Bonchev–Trinajstić information content (AvgIpc) is 3.05. The number of carbonyl (C=O) groups excluding carboxylic acids is 1. The van der Waals surface area contributed by atoms with Gasteiger partial charge in [-0.3, -0.25) is 9.78 Å². The first-order valence-electron chi connectivity index (χ1n) is 7.51. The van der Waals surface area contributed by atoms with E-state index in [0.29, 0.717) is 31.0 Å². The highest BCUT2D eigenvalue weighted by Gasteiger charge is 2.28. The summed E-state index contributed by atoms with van der Waals surface area (Å²) in [4.78, 5) is 22.2. The third-order valence-corrected chi connectivity index (χ3v) is 4.01. The summed E-state index contributed by atoms with van der Waals surface area (Å²) < 4.78 is 18.5. The van der Waals surface area contributed by atoms with Gasteiger partial charge in [0.1, 0.15) is 11.5 Å². The molecule has 3 heterocycles. The Kier molecular flexibility index (Phi) is 3.53. The molecule has 7 heteroatoms. The first-order valence-corrected chi connectivity index (χ1v) is 7.51. The molecule has 0 unspecified atom stereocenters. The largest absolute Gasteiger partial charge is 0.356 e. The normalized spacial score (nSPS) is 13.6. The Labute approximate surface area is 136 Å². The summed E-state index contributed by atoms with van der Waals surface area (Å²) in [5.41, 5.74) is 2.72. The number of halogens is 1. The Morgan fingerprint density at radius 3 is 2.79 bits per heavy atom. The second-order valence-electron chi connectivity index (χ2n) is 5.51. The van der Waals surface area contributed by atoms with Crippen LogP contribution in [0.25, 0.3) is 11.3 Å². The molecule has 1 aromatic carbocycles. The van der Waals surface area contributed by atoms with Crippen LogP contribution in [0.5, 0.6) is 0 Å². The zero-order valence-corrected chi connectivity index (χ0v) is 12.6. The van der Waals surface area contributed by atoms with Gasteiger partial charge in [0.15, 0.2) is 5.76 Å². The molecule has 0 fully saturated rings. The quantitative estimate of drug-likeness (QED) is 0.724. The van der Waals surface area contributed by atoms with Crippen molar-refractivity contribution in [2.24, 2.45) is 0 Å². The van der Waals surface area contributed by atoms with E-state index in [4.69, 9.17) is 4.52 Å². The predicted molar refractivity (Wildman–Crippen MR) is 82.4 cm³/mol. The average molecular weight is 324 g/mol. The number of hydrogen-bond donors (Lipinski definition) is 0. The first-order chi connectivity index (χ1) is 11.7. The van der Waals surface area contributed by atoms with Crippen molar-refractivity contribution in [3.63, 3.8) is 0 Å². The molecule has 4 rings (SSSR count). The van der Waals surface area contributed by atoms with Gasteiger partial charge in [-0.15, -0.1) is 0 Å². The number of hydrogen-bond acceptors (Lipinski definition) is 5. The highest BCUT2D eigenvalue weighted by atomic mass is 19.1. The van der Waals surface area contributed by atoms with Crippen molar-refractivity contribution in [2.75, 3.05) is 6.54 Å². The molecule has 1 amide bonds. The molecule has 3 aromatic rings. The number of rotatable bonds is 2. The highest BCUT2D eigenvalue weighted by Crippen LogP contribution is 2.30. The molecular formula is C17H13FN4O2. The molecule has 0 bridgehead atoms. The second-order valence-corrected chi connectivity index (χ2v) is 5.51. The monoisotopic (exact) mass is 324 g/mol. The van der Waals surface area contributed by atoms with E-state index >= 15 is 0 Å². The molecule has 1 aliphatic rings. The topological polar surface area (TPSA) is 72.1 Å². The number of benzene rings is 1. The molecule has 0 radical (unpaired) electrons. The fourth-order valence-corrected chi connectivity index (χ4v) is 2.79. The minimum absolute atomic E-state index is 0.181. The maximum atomic E-state index is 13.1. The summed E-state index contributed by atoms with van der Waals surface area (Å²) in [7, 11) is 0. The Morgan fingerprint density at radius 1 is 1.21 bits per heavy atom. The molecule has 0 spiro atoms. The van der Waals surface area contributed by atoms with E-state index in [1.165, 1.54) is 30.7 Å². The summed E-state index contributed by atoms with van der Waals surface area (Å²) in [5.74, 6) is 0.0771. The maximum Gasteiger partial charge on any atom is 0.274 e. The SMILES string of the molecule is O=C(c1cnccn1)N1CCc2noc(-c3ccc(F)cc3)c2C1. The standard InChI is InChI=1S/C17H13FN4O2/c18-12-3-1-11(2-4-12)16-13-10-22(8-5-14(13)21-24-16)17(23)15-9-19-6-7-20-15/h1-4,6-7,9H,5,8,10H2. The van der Waals surface area contributed by atoms with Crippen LogP contribution in [-0.2, 0) is 13.0 Å². The van der Waals surface area contributed by atoms with Crippen molar-refractivity contribution in [3.8, 4) is 11.3 Å². The molecule has 24 heavy (non-hydrogen) atoms. The van der Waals surface area contributed by atoms with Crippen LogP contribution in [0.1, 0.15) is 21.7 Å². The molecule has 2 aromatic heterocycles. The number of amides is 1. The number of carbonyl (C=O) groups is 1. The number of aromatic nitrogens is 3. The van der Waals surface area contributed by atoms with Gasteiger partial charge >= 0.3 is 0 Å². The van der Waals surface area contributed by atoms with E-state index in [-0.39, 0.29) is 11.7 Å². The van der Waals surface area contributed by atoms with E-state index in [1.807, 2.05) is 0 Å². The van der Waals surface area contributed by atoms with Crippen LogP contribution in [0, 0.1) is 5.82 Å². The van der Waals surface area contributed by atoms with Gasteiger partial charge in [-0.2, -0.15) is 0 Å². The summed E-state index contributed by atoms with van der Waals surface area (Å²) in [5, 5.41) is 4.09. The summed E-state index contributed by atoms with van der Waals surface area (Å²) >= 11 is 0. The van der Waals surface area contributed by atoms with E-state index < -0.39 is 0 Å².